The molecular formula is C6H12N2O2S. The van der Waals surface area contributed by atoms with Gasteiger partial charge in [-0.1, -0.05) is 0 Å². The zero-order valence-corrected chi connectivity index (χ0v) is 7.34. The summed E-state index contributed by atoms with van der Waals surface area (Å²) in [5.74, 6) is 0. The largest absolute Gasteiger partial charge is 0.362 e. The predicted molar refractivity (Wildman–Crippen MR) is 44.1 cm³/mol. The molecule has 0 aromatic rings. The van der Waals surface area contributed by atoms with Gasteiger partial charge in [-0.05, 0) is 12.8 Å². The van der Waals surface area contributed by atoms with Crippen molar-refractivity contribution in [3.8, 4) is 0 Å². The van der Waals surface area contributed by atoms with Crippen LogP contribution in [0, 0.1) is 0 Å². The average molecular weight is 176 g/mol. The van der Waals surface area contributed by atoms with Gasteiger partial charge in [-0.3, -0.25) is 0 Å². The molecule has 64 valence electrons. The van der Waals surface area contributed by atoms with Gasteiger partial charge in [-0.15, -0.1) is 0 Å². The van der Waals surface area contributed by atoms with Crippen LogP contribution in [-0.2, 0) is 10.0 Å². The molecule has 0 radical (unpaired) electrons. The quantitative estimate of drug-likeness (QED) is 0.442. The van der Waals surface area contributed by atoms with E-state index in [-0.39, 0.29) is 0 Å². The van der Waals surface area contributed by atoms with Crippen molar-refractivity contribution in [2.75, 3.05) is 19.3 Å². The van der Waals surface area contributed by atoms with Crippen molar-refractivity contribution in [2.45, 2.75) is 12.8 Å². The maximum absolute atomic E-state index is 10.6. The zero-order chi connectivity index (χ0) is 8.32. The normalized spacial score (nSPS) is 19.9. The average Bonchev–Trinajstić information content (AvgIpc) is 2.32. The molecule has 4 nitrogen and oxygen atoms in total. The van der Waals surface area contributed by atoms with E-state index in [1.807, 2.05) is 4.90 Å². The van der Waals surface area contributed by atoms with Crippen molar-refractivity contribution in [3.05, 3.63) is 0 Å². The predicted octanol–water partition coefficient (Wildman–Crippen LogP) is 0.0701. The van der Waals surface area contributed by atoms with Gasteiger partial charge in [0.25, 0.3) is 10.0 Å². The Morgan fingerprint density at radius 3 is 2.36 bits per heavy atom. The summed E-state index contributed by atoms with van der Waals surface area (Å²) in [6.45, 7) is 1.86. The molecule has 1 saturated heterocycles. The van der Waals surface area contributed by atoms with E-state index in [0.29, 0.717) is 0 Å². The molecular weight excluding hydrogens is 164 g/mol. The molecule has 1 heterocycles. The Bertz CT molecular complexity index is 239. The van der Waals surface area contributed by atoms with Crippen LogP contribution >= 0.6 is 0 Å². The van der Waals surface area contributed by atoms with Crippen molar-refractivity contribution in [2.24, 2.45) is 4.40 Å². The summed E-state index contributed by atoms with van der Waals surface area (Å²) >= 11 is 0. The van der Waals surface area contributed by atoms with E-state index in [9.17, 15) is 8.42 Å². The lowest BCUT2D eigenvalue weighted by Crippen LogP contribution is -2.17. The van der Waals surface area contributed by atoms with Crippen LogP contribution in [0.25, 0.3) is 0 Å². The van der Waals surface area contributed by atoms with Gasteiger partial charge in [0.05, 0.1) is 6.26 Å². The molecule has 0 spiro atoms. The number of nitrogens with zero attached hydrogens (tertiary/aromatic N) is 2. The van der Waals surface area contributed by atoms with Crippen molar-refractivity contribution in [1.82, 2.24) is 4.90 Å². The van der Waals surface area contributed by atoms with Gasteiger partial charge in [-0.25, -0.2) is 8.42 Å². The minimum absolute atomic E-state index is 0.930. The molecule has 0 aromatic carbocycles. The molecule has 0 aliphatic carbocycles. The van der Waals surface area contributed by atoms with E-state index in [1.165, 1.54) is 6.34 Å². The van der Waals surface area contributed by atoms with Crippen LogP contribution in [0.3, 0.4) is 0 Å². The van der Waals surface area contributed by atoms with Crippen molar-refractivity contribution < 1.29 is 8.42 Å². The second-order valence-electron chi connectivity index (χ2n) is 2.70. The first-order valence-corrected chi connectivity index (χ1v) is 5.42. The molecule has 5 heteroatoms. The van der Waals surface area contributed by atoms with Gasteiger partial charge in [0.2, 0.25) is 0 Å². The number of sulfonamides is 1. The molecule has 0 unspecified atom stereocenters. The molecule has 11 heavy (non-hydrogen) atoms. The highest BCUT2D eigenvalue weighted by molar-refractivity contribution is 7.89. The monoisotopic (exact) mass is 176 g/mol. The minimum Gasteiger partial charge on any atom is -0.362 e. The fraction of sp³-hybridized carbons (Fsp3) is 0.833. The highest BCUT2D eigenvalue weighted by atomic mass is 32.2. The van der Waals surface area contributed by atoms with Gasteiger partial charge in [-0.2, -0.15) is 4.40 Å². The standard InChI is InChI=1S/C6H12N2O2S/c1-11(9,10)7-6-8-4-2-3-5-8/h6H,2-5H2,1H3. The highest BCUT2D eigenvalue weighted by Gasteiger charge is 2.07. The summed E-state index contributed by atoms with van der Waals surface area (Å²) in [5, 5.41) is 0. The van der Waals surface area contributed by atoms with Gasteiger partial charge in [0.15, 0.2) is 0 Å². The van der Waals surface area contributed by atoms with E-state index < -0.39 is 10.0 Å². The third-order valence-corrected chi connectivity index (χ3v) is 2.02. The molecule has 0 atom stereocenters. The van der Waals surface area contributed by atoms with Crippen LogP contribution < -0.4 is 0 Å². The summed E-state index contributed by atoms with van der Waals surface area (Å²) in [6.07, 6.45) is 4.79. The van der Waals surface area contributed by atoms with Gasteiger partial charge >= 0.3 is 0 Å². The zero-order valence-electron chi connectivity index (χ0n) is 6.52. The van der Waals surface area contributed by atoms with Crippen LogP contribution in [0.5, 0.6) is 0 Å². The van der Waals surface area contributed by atoms with Crippen molar-refractivity contribution in [1.29, 1.82) is 0 Å². The maximum atomic E-state index is 10.6. The molecule has 1 aliphatic heterocycles. The first-order valence-electron chi connectivity index (χ1n) is 3.57. The maximum Gasteiger partial charge on any atom is 0.251 e. The number of hydrogen-bond donors (Lipinski definition) is 0. The van der Waals surface area contributed by atoms with Gasteiger partial charge < -0.3 is 4.90 Å². The lowest BCUT2D eigenvalue weighted by atomic mass is 10.4. The smallest absolute Gasteiger partial charge is 0.251 e. The Labute approximate surface area is 67.0 Å². The summed E-state index contributed by atoms with van der Waals surface area (Å²) in [5.41, 5.74) is 0. The summed E-state index contributed by atoms with van der Waals surface area (Å²) < 4.78 is 24.5. The third kappa shape index (κ3) is 3.36. The Morgan fingerprint density at radius 2 is 1.91 bits per heavy atom. The fourth-order valence-corrected chi connectivity index (χ4v) is 1.31. The SMILES string of the molecule is CS(=O)(=O)N=CN1CCCC1. The molecule has 0 amide bonds. The van der Waals surface area contributed by atoms with Crippen molar-refractivity contribution >= 4 is 16.4 Å². The first kappa shape index (κ1) is 8.52. The number of rotatable bonds is 2. The third-order valence-electron chi connectivity index (χ3n) is 1.54. The van der Waals surface area contributed by atoms with Crippen LogP contribution in [0.4, 0.5) is 0 Å². The lowest BCUT2D eigenvalue weighted by molar-refractivity contribution is 0.535. The molecule has 1 fully saturated rings. The second-order valence-corrected chi connectivity index (χ2v) is 4.37. The molecule has 0 aromatic heterocycles. The van der Waals surface area contributed by atoms with E-state index in [0.717, 1.165) is 32.2 Å². The van der Waals surface area contributed by atoms with E-state index in [1.54, 1.807) is 0 Å². The molecule has 0 saturated carbocycles. The minimum atomic E-state index is -3.18. The molecule has 1 rings (SSSR count). The lowest BCUT2D eigenvalue weighted by Gasteiger charge is -2.07. The highest BCUT2D eigenvalue weighted by Crippen LogP contribution is 2.04. The Morgan fingerprint density at radius 1 is 1.36 bits per heavy atom. The van der Waals surface area contributed by atoms with E-state index in [2.05, 4.69) is 4.40 Å². The number of hydrogen-bond acceptors (Lipinski definition) is 2. The topological polar surface area (TPSA) is 49.7 Å². The van der Waals surface area contributed by atoms with Crippen LogP contribution in [-0.4, -0.2) is 39.0 Å². The van der Waals surface area contributed by atoms with E-state index >= 15 is 0 Å². The van der Waals surface area contributed by atoms with Crippen molar-refractivity contribution in [3.63, 3.8) is 0 Å². The second kappa shape index (κ2) is 3.21. The Balaban J connectivity index is 2.47. The summed E-state index contributed by atoms with van der Waals surface area (Å²) in [4.78, 5) is 1.92. The van der Waals surface area contributed by atoms with Crippen LogP contribution in [0.1, 0.15) is 12.8 Å². The van der Waals surface area contributed by atoms with E-state index in [4.69, 9.17) is 0 Å². The summed E-state index contributed by atoms with van der Waals surface area (Å²) in [6, 6.07) is 0. The molecule has 1 aliphatic rings. The van der Waals surface area contributed by atoms with Gasteiger partial charge in [0.1, 0.15) is 6.34 Å². The Hall–Kier alpha value is -0.580. The summed E-state index contributed by atoms with van der Waals surface area (Å²) in [7, 11) is -3.18. The molecule has 0 bridgehead atoms. The van der Waals surface area contributed by atoms with Crippen LogP contribution in [0.2, 0.25) is 0 Å². The Kier molecular flexibility index (Phi) is 2.49. The molecule has 0 N–H and O–H groups in total. The first-order chi connectivity index (χ1) is 5.08. The number of likely N-dealkylation sites (tertiary alicyclic amines) is 1. The fourth-order valence-electron chi connectivity index (χ4n) is 1.01. The van der Waals surface area contributed by atoms with Crippen LogP contribution in [0.15, 0.2) is 4.40 Å². The van der Waals surface area contributed by atoms with Gasteiger partial charge in [0, 0.05) is 13.1 Å².